The van der Waals surface area contributed by atoms with E-state index in [2.05, 4.69) is 25.9 Å². The van der Waals surface area contributed by atoms with E-state index < -0.39 is 11.2 Å². The molecule has 1 amide bonds. The van der Waals surface area contributed by atoms with Gasteiger partial charge in [-0.15, -0.1) is 10.2 Å². The van der Waals surface area contributed by atoms with Crippen LogP contribution in [-0.2, 0) is 10.2 Å². The lowest BCUT2D eigenvalue weighted by atomic mass is 9.89. The zero-order valence-corrected chi connectivity index (χ0v) is 19.4. The number of H-pyrrole nitrogens is 1. The van der Waals surface area contributed by atoms with E-state index >= 15 is 4.39 Å². The van der Waals surface area contributed by atoms with Crippen LogP contribution in [0.2, 0.25) is 0 Å². The molecule has 1 spiro atoms. The second-order valence-corrected chi connectivity index (χ2v) is 9.52. The van der Waals surface area contributed by atoms with Gasteiger partial charge in [0.15, 0.2) is 0 Å². The number of nitrogens with zero attached hydrogens (tertiary/aromatic N) is 3. The summed E-state index contributed by atoms with van der Waals surface area (Å²) in [6.07, 6.45) is 0.638. The molecule has 0 saturated heterocycles. The molecule has 7 rings (SSSR count). The first-order valence-electron chi connectivity index (χ1n) is 11.9. The first-order valence-corrected chi connectivity index (χ1v) is 11.9. The third kappa shape index (κ3) is 3.26. The summed E-state index contributed by atoms with van der Waals surface area (Å²) >= 11 is 0. The van der Waals surface area contributed by atoms with Gasteiger partial charge in [-0.3, -0.25) is 4.79 Å². The van der Waals surface area contributed by atoms with Crippen LogP contribution in [0.5, 0.6) is 5.75 Å². The van der Waals surface area contributed by atoms with Gasteiger partial charge in [-0.25, -0.2) is 4.39 Å². The number of benzene rings is 4. The summed E-state index contributed by atoms with van der Waals surface area (Å²) in [7, 11) is 0. The van der Waals surface area contributed by atoms with Crippen LogP contribution in [0.4, 0.5) is 10.1 Å². The SMILES string of the molecule is O=C1Nc2cc(F)c(-c3ccc(-c4ccccc4O)cc3)cc2C12CC2c1cccc(-c2nn[nH]n2)c1. The number of halogens is 1. The largest absolute Gasteiger partial charge is 0.507 e. The van der Waals surface area contributed by atoms with Crippen LogP contribution in [0, 0.1) is 5.82 Å². The Labute approximate surface area is 211 Å². The van der Waals surface area contributed by atoms with Crippen molar-refractivity contribution in [1.82, 2.24) is 20.6 Å². The van der Waals surface area contributed by atoms with Gasteiger partial charge in [0.2, 0.25) is 11.7 Å². The standard InChI is InChI=1S/C29H20FN5O2/c30-24-14-25-22(13-21(24)17-10-8-16(9-11-17)20-6-1-2-7-26(20)36)29(28(37)31-25)15-23(29)18-4-3-5-19(12-18)27-32-34-35-33-27/h1-14,23,36H,15H2,(H,31,37)(H,32,33,34,35). The Morgan fingerprint density at radius 1 is 0.892 bits per heavy atom. The van der Waals surface area contributed by atoms with Crippen LogP contribution in [0.1, 0.15) is 23.5 Å². The van der Waals surface area contributed by atoms with Crippen molar-refractivity contribution in [1.29, 1.82) is 0 Å². The first kappa shape index (κ1) is 21.4. The van der Waals surface area contributed by atoms with E-state index in [0.717, 1.165) is 22.3 Å². The Balaban J connectivity index is 1.25. The number of anilines is 1. The minimum Gasteiger partial charge on any atom is -0.507 e. The van der Waals surface area contributed by atoms with Crippen LogP contribution < -0.4 is 5.32 Å². The Kier molecular flexibility index (Phi) is 4.53. The maximum Gasteiger partial charge on any atom is 0.235 e. The zero-order valence-electron chi connectivity index (χ0n) is 19.4. The normalized spacial score (nSPS) is 19.6. The average molecular weight is 490 g/mol. The van der Waals surface area contributed by atoms with Crippen LogP contribution in [0.3, 0.4) is 0 Å². The summed E-state index contributed by atoms with van der Waals surface area (Å²) in [6.45, 7) is 0. The van der Waals surface area contributed by atoms with Gasteiger partial charge in [-0.2, -0.15) is 5.21 Å². The number of amides is 1. The van der Waals surface area contributed by atoms with E-state index in [9.17, 15) is 9.90 Å². The molecule has 8 heteroatoms. The second-order valence-electron chi connectivity index (χ2n) is 9.52. The van der Waals surface area contributed by atoms with Crippen LogP contribution in [0.25, 0.3) is 33.6 Å². The van der Waals surface area contributed by atoms with Gasteiger partial charge >= 0.3 is 0 Å². The Hall–Kier alpha value is -4.85. The fraction of sp³-hybridized carbons (Fsp3) is 0.103. The Bertz CT molecular complexity index is 1680. The van der Waals surface area contributed by atoms with E-state index in [1.54, 1.807) is 18.2 Å². The number of aromatic hydroxyl groups is 1. The van der Waals surface area contributed by atoms with Gasteiger partial charge in [0.05, 0.1) is 5.41 Å². The van der Waals surface area contributed by atoms with Crippen molar-refractivity contribution in [3.05, 3.63) is 102 Å². The third-order valence-corrected chi connectivity index (χ3v) is 7.51. The van der Waals surface area contributed by atoms with E-state index in [0.29, 0.717) is 34.6 Å². The molecule has 1 aliphatic carbocycles. The topological polar surface area (TPSA) is 104 Å². The number of tetrazole rings is 1. The third-order valence-electron chi connectivity index (χ3n) is 7.51. The molecule has 0 radical (unpaired) electrons. The summed E-state index contributed by atoms with van der Waals surface area (Å²) in [5.41, 5.74) is 5.10. The highest BCUT2D eigenvalue weighted by Gasteiger charge is 2.65. The average Bonchev–Trinajstić information content (AvgIpc) is 3.30. The highest BCUT2D eigenvalue weighted by Crippen LogP contribution is 2.65. The van der Waals surface area contributed by atoms with Crippen LogP contribution in [0.15, 0.2) is 84.9 Å². The Morgan fingerprint density at radius 3 is 2.43 bits per heavy atom. The molecule has 4 aromatic carbocycles. The smallest absolute Gasteiger partial charge is 0.235 e. The number of nitrogens with one attached hydrogen (secondary N) is 2. The summed E-state index contributed by atoms with van der Waals surface area (Å²) in [4.78, 5) is 13.2. The molecule has 3 N–H and O–H groups in total. The minimum absolute atomic E-state index is 0.0395. The van der Waals surface area contributed by atoms with Crippen molar-refractivity contribution in [2.75, 3.05) is 5.32 Å². The number of phenols is 1. The number of carbonyl (C=O) groups excluding carboxylic acids is 1. The molecule has 1 aliphatic heterocycles. The quantitative estimate of drug-likeness (QED) is 0.313. The van der Waals surface area contributed by atoms with Gasteiger partial charge in [0.25, 0.3) is 0 Å². The van der Waals surface area contributed by atoms with Gasteiger partial charge in [0.1, 0.15) is 11.6 Å². The molecule has 2 atom stereocenters. The molecule has 1 aromatic heterocycles. The van der Waals surface area contributed by atoms with Gasteiger partial charge < -0.3 is 10.4 Å². The number of carbonyl (C=O) groups is 1. The predicted octanol–water partition coefficient (Wildman–Crippen LogP) is 5.42. The van der Waals surface area contributed by atoms with E-state index in [4.69, 9.17) is 0 Å². The lowest BCUT2D eigenvalue weighted by Crippen LogP contribution is -2.21. The molecule has 37 heavy (non-hydrogen) atoms. The van der Waals surface area contributed by atoms with E-state index in [1.807, 2.05) is 60.7 Å². The Morgan fingerprint density at radius 2 is 1.68 bits per heavy atom. The molecule has 7 nitrogen and oxygen atoms in total. The van der Waals surface area contributed by atoms with Crippen molar-refractivity contribution in [3.63, 3.8) is 0 Å². The van der Waals surface area contributed by atoms with Crippen molar-refractivity contribution < 1.29 is 14.3 Å². The van der Waals surface area contributed by atoms with Gasteiger partial charge in [-0.05, 0) is 58.2 Å². The first-order chi connectivity index (χ1) is 18.0. The molecule has 1 fully saturated rings. The van der Waals surface area contributed by atoms with Gasteiger partial charge in [0, 0.05) is 28.3 Å². The zero-order chi connectivity index (χ0) is 25.1. The predicted molar refractivity (Wildman–Crippen MR) is 136 cm³/mol. The number of fused-ring (bicyclic) bond motifs is 2. The molecular formula is C29H20FN5O2. The maximum absolute atomic E-state index is 15.2. The fourth-order valence-corrected chi connectivity index (χ4v) is 5.56. The molecule has 2 heterocycles. The summed E-state index contributed by atoms with van der Waals surface area (Å²) in [6, 6.07) is 25.5. The van der Waals surface area contributed by atoms with Crippen LogP contribution in [-0.4, -0.2) is 31.6 Å². The lowest BCUT2D eigenvalue weighted by Gasteiger charge is -2.13. The molecule has 2 aliphatic rings. The number of aromatic nitrogens is 4. The minimum atomic E-state index is -0.733. The van der Waals surface area contributed by atoms with Crippen LogP contribution >= 0.6 is 0 Å². The number of rotatable bonds is 4. The number of hydrogen-bond acceptors (Lipinski definition) is 5. The van der Waals surface area contributed by atoms with E-state index in [1.165, 1.54) is 6.07 Å². The van der Waals surface area contributed by atoms with Crippen molar-refractivity contribution >= 4 is 11.6 Å². The summed E-state index contributed by atoms with van der Waals surface area (Å²) < 4.78 is 15.2. The van der Waals surface area contributed by atoms with Crippen molar-refractivity contribution in [3.8, 4) is 39.4 Å². The summed E-state index contributed by atoms with van der Waals surface area (Å²) in [5, 5.41) is 27.3. The molecule has 0 bridgehead atoms. The second kappa shape index (κ2) is 7.83. The molecule has 2 unspecified atom stereocenters. The van der Waals surface area contributed by atoms with Gasteiger partial charge in [-0.1, -0.05) is 60.7 Å². The molecule has 5 aromatic rings. The maximum atomic E-state index is 15.2. The lowest BCUT2D eigenvalue weighted by molar-refractivity contribution is -0.118. The fourth-order valence-electron chi connectivity index (χ4n) is 5.56. The number of hydrogen-bond donors (Lipinski definition) is 3. The summed E-state index contributed by atoms with van der Waals surface area (Å²) in [5.74, 6) is 0.132. The molecule has 180 valence electrons. The number of phenolic OH excluding ortho intramolecular Hbond substituents is 1. The number of para-hydroxylation sites is 1. The van der Waals surface area contributed by atoms with Crippen molar-refractivity contribution in [2.24, 2.45) is 0 Å². The highest BCUT2D eigenvalue weighted by molar-refractivity contribution is 6.10. The number of aromatic amines is 1. The van der Waals surface area contributed by atoms with Crippen molar-refractivity contribution in [2.45, 2.75) is 17.8 Å². The molecule has 1 saturated carbocycles. The molecular weight excluding hydrogens is 469 g/mol. The van der Waals surface area contributed by atoms with E-state index in [-0.39, 0.29) is 17.6 Å². The highest BCUT2D eigenvalue weighted by atomic mass is 19.1. The monoisotopic (exact) mass is 489 g/mol.